The van der Waals surface area contributed by atoms with Gasteiger partial charge in [0.05, 0.1) is 12.1 Å². The van der Waals surface area contributed by atoms with Crippen LogP contribution in [0.4, 0.5) is 5.69 Å². The summed E-state index contributed by atoms with van der Waals surface area (Å²) in [6.07, 6.45) is 3.95. The first-order valence-corrected chi connectivity index (χ1v) is 7.55. The molecule has 0 aliphatic carbocycles. The van der Waals surface area contributed by atoms with Crippen LogP contribution in [0.5, 0.6) is 0 Å². The zero-order valence-electron chi connectivity index (χ0n) is 11.9. The van der Waals surface area contributed by atoms with Crippen molar-refractivity contribution in [2.45, 2.75) is 44.8 Å². The standard InChI is InChI=1S/C16H22N2O2/c1-2-17-16(14-4-3-9-20-14)12-5-7-13-11(10-12)6-8-15(19)18-13/h5,7,10,14,16-17H,2-4,6,8-9H2,1H3,(H,18,19). The van der Waals surface area contributed by atoms with Crippen molar-refractivity contribution in [3.63, 3.8) is 0 Å². The summed E-state index contributed by atoms with van der Waals surface area (Å²) in [6, 6.07) is 6.62. The first kappa shape index (κ1) is 13.6. The van der Waals surface area contributed by atoms with Crippen LogP contribution in [0.25, 0.3) is 0 Å². The third kappa shape index (κ3) is 2.72. The van der Waals surface area contributed by atoms with Crippen LogP contribution >= 0.6 is 0 Å². The third-order valence-electron chi connectivity index (χ3n) is 4.14. The Kier molecular flexibility index (Phi) is 4.03. The van der Waals surface area contributed by atoms with Crippen LogP contribution in [0.1, 0.15) is 43.4 Å². The fourth-order valence-corrected chi connectivity index (χ4v) is 3.15. The lowest BCUT2D eigenvalue weighted by molar-refractivity contribution is -0.116. The molecule has 4 heteroatoms. The summed E-state index contributed by atoms with van der Waals surface area (Å²) in [7, 11) is 0. The van der Waals surface area contributed by atoms with Gasteiger partial charge in [0.2, 0.25) is 5.91 Å². The van der Waals surface area contributed by atoms with E-state index in [-0.39, 0.29) is 18.1 Å². The van der Waals surface area contributed by atoms with Crippen molar-refractivity contribution >= 4 is 11.6 Å². The van der Waals surface area contributed by atoms with Crippen molar-refractivity contribution in [3.05, 3.63) is 29.3 Å². The van der Waals surface area contributed by atoms with E-state index in [1.807, 2.05) is 6.07 Å². The Morgan fingerprint density at radius 3 is 3.10 bits per heavy atom. The first-order valence-electron chi connectivity index (χ1n) is 7.55. The summed E-state index contributed by atoms with van der Waals surface area (Å²) in [4.78, 5) is 11.4. The average Bonchev–Trinajstić information content (AvgIpc) is 2.98. The molecule has 2 N–H and O–H groups in total. The number of fused-ring (bicyclic) bond motifs is 1. The van der Waals surface area contributed by atoms with Gasteiger partial charge in [-0.05, 0) is 43.0 Å². The molecule has 1 aromatic rings. The van der Waals surface area contributed by atoms with E-state index in [1.54, 1.807) is 0 Å². The predicted octanol–water partition coefficient (Wildman–Crippen LogP) is 2.40. The maximum atomic E-state index is 11.4. The highest BCUT2D eigenvalue weighted by Gasteiger charge is 2.27. The third-order valence-corrected chi connectivity index (χ3v) is 4.14. The number of hydrogen-bond acceptors (Lipinski definition) is 3. The van der Waals surface area contributed by atoms with E-state index in [2.05, 4.69) is 29.7 Å². The molecular weight excluding hydrogens is 252 g/mol. The van der Waals surface area contributed by atoms with Gasteiger partial charge in [-0.3, -0.25) is 4.79 Å². The second-order valence-electron chi connectivity index (χ2n) is 5.55. The van der Waals surface area contributed by atoms with Crippen LogP contribution < -0.4 is 10.6 Å². The molecule has 2 aliphatic rings. The number of nitrogens with one attached hydrogen (secondary N) is 2. The molecule has 2 heterocycles. The monoisotopic (exact) mass is 274 g/mol. The topological polar surface area (TPSA) is 50.4 Å². The molecule has 0 bridgehead atoms. The zero-order chi connectivity index (χ0) is 13.9. The van der Waals surface area contributed by atoms with Crippen molar-refractivity contribution in [1.29, 1.82) is 0 Å². The lowest BCUT2D eigenvalue weighted by atomic mass is 9.94. The Hall–Kier alpha value is -1.39. The van der Waals surface area contributed by atoms with Crippen molar-refractivity contribution in [1.82, 2.24) is 5.32 Å². The maximum absolute atomic E-state index is 11.4. The molecule has 1 saturated heterocycles. The van der Waals surface area contributed by atoms with Crippen LogP contribution in [0.15, 0.2) is 18.2 Å². The maximum Gasteiger partial charge on any atom is 0.224 e. The minimum atomic E-state index is 0.118. The van der Waals surface area contributed by atoms with E-state index in [0.29, 0.717) is 6.42 Å². The smallest absolute Gasteiger partial charge is 0.224 e. The minimum absolute atomic E-state index is 0.118. The molecule has 4 nitrogen and oxygen atoms in total. The normalized spacial score (nSPS) is 23.2. The number of carbonyl (C=O) groups excluding carboxylic acids is 1. The van der Waals surface area contributed by atoms with E-state index in [9.17, 15) is 4.79 Å². The molecule has 1 aromatic carbocycles. The fourth-order valence-electron chi connectivity index (χ4n) is 3.15. The van der Waals surface area contributed by atoms with Gasteiger partial charge in [-0.15, -0.1) is 0 Å². The molecule has 0 radical (unpaired) electrons. The van der Waals surface area contributed by atoms with Gasteiger partial charge in [0.15, 0.2) is 0 Å². The van der Waals surface area contributed by atoms with Crippen LogP contribution in [-0.4, -0.2) is 25.2 Å². The average molecular weight is 274 g/mol. The molecule has 2 aliphatic heterocycles. The van der Waals surface area contributed by atoms with Crippen molar-refractivity contribution in [2.24, 2.45) is 0 Å². The largest absolute Gasteiger partial charge is 0.376 e. The number of amides is 1. The molecule has 2 unspecified atom stereocenters. The summed E-state index contributed by atoms with van der Waals surface area (Å²) in [5.74, 6) is 0.118. The Balaban J connectivity index is 1.85. The number of likely N-dealkylation sites (N-methyl/N-ethyl adjacent to an activating group) is 1. The summed E-state index contributed by atoms with van der Waals surface area (Å²) < 4.78 is 5.85. The molecule has 1 fully saturated rings. The Morgan fingerprint density at radius 2 is 2.35 bits per heavy atom. The van der Waals surface area contributed by atoms with E-state index < -0.39 is 0 Å². The van der Waals surface area contributed by atoms with Gasteiger partial charge >= 0.3 is 0 Å². The van der Waals surface area contributed by atoms with Crippen LogP contribution in [0.3, 0.4) is 0 Å². The van der Waals surface area contributed by atoms with Crippen molar-refractivity contribution in [3.8, 4) is 0 Å². The number of rotatable bonds is 4. The molecule has 2 atom stereocenters. The summed E-state index contributed by atoms with van der Waals surface area (Å²) in [5.41, 5.74) is 3.48. The highest BCUT2D eigenvalue weighted by molar-refractivity contribution is 5.93. The van der Waals surface area contributed by atoms with Crippen molar-refractivity contribution in [2.75, 3.05) is 18.5 Å². The zero-order valence-corrected chi connectivity index (χ0v) is 11.9. The van der Waals surface area contributed by atoms with Gasteiger partial charge in [0, 0.05) is 18.7 Å². The van der Waals surface area contributed by atoms with Gasteiger partial charge in [0.1, 0.15) is 0 Å². The quantitative estimate of drug-likeness (QED) is 0.886. The summed E-state index contributed by atoms with van der Waals surface area (Å²) >= 11 is 0. The second-order valence-corrected chi connectivity index (χ2v) is 5.55. The van der Waals surface area contributed by atoms with Crippen LogP contribution in [0, 0.1) is 0 Å². The Bertz CT molecular complexity index is 495. The highest BCUT2D eigenvalue weighted by Crippen LogP contribution is 2.31. The number of anilines is 1. The van der Waals surface area contributed by atoms with Crippen LogP contribution in [-0.2, 0) is 16.0 Å². The SMILES string of the molecule is CCNC(c1ccc2c(c1)CCC(=O)N2)C1CCCO1. The lowest BCUT2D eigenvalue weighted by Crippen LogP contribution is -2.32. The Morgan fingerprint density at radius 1 is 1.45 bits per heavy atom. The minimum Gasteiger partial charge on any atom is -0.376 e. The second kappa shape index (κ2) is 5.94. The molecule has 108 valence electrons. The molecule has 1 amide bonds. The highest BCUT2D eigenvalue weighted by atomic mass is 16.5. The van der Waals surface area contributed by atoms with Gasteiger partial charge in [-0.25, -0.2) is 0 Å². The van der Waals surface area contributed by atoms with E-state index in [4.69, 9.17) is 4.74 Å². The molecule has 0 saturated carbocycles. The fraction of sp³-hybridized carbons (Fsp3) is 0.562. The lowest BCUT2D eigenvalue weighted by Gasteiger charge is -2.26. The van der Waals surface area contributed by atoms with E-state index >= 15 is 0 Å². The number of carbonyl (C=O) groups is 1. The molecule has 0 aromatic heterocycles. The number of aryl methyl sites for hydroxylation is 1. The van der Waals surface area contributed by atoms with Crippen LogP contribution in [0.2, 0.25) is 0 Å². The van der Waals surface area contributed by atoms with Crippen molar-refractivity contribution < 1.29 is 9.53 Å². The van der Waals surface area contributed by atoms with Gasteiger partial charge in [-0.1, -0.05) is 19.1 Å². The summed E-state index contributed by atoms with van der Waals surface area (Å²) in [5, 5.41) is 6.48. The van der Waals surface area contributed by atoms with E-state index in [1.165, 1.54) is 11.1 Å². The van der Waals surface area contributed by atoms with Gasteiger partial charge < -0.3 is 15.4 Å². The Labute approximate surface area is 119 Å². The number of hydrogen-bond donors (Lipinski definition) is 2. The predicted molar refractivity (Wildman–Crippen MR) is 78.8 cm³/mol. The molecule has 0 spiro atoms. The van der Waals surface area contributed by atoms with Gasteiger partial charge in [0.25, 0.3) is 0 Å². The van der Waals surface area contributed by atoms with E-state index in [0.717, 1.165) is 38.1 Å². The van der Waals surface area contributed by atoms with Gasteiger partial charge in [-0.2, -0.15) is 0 Å². The molecular formula is C16H22N2O2. The molecule has 20 heavy (non-hydrogen) atoms. The number of ether oxygens (including phenoxy) is 1. The molecule has 3 rings (SSSR count). The number of benzene rings is 1. The first-order chi connectivity index (χ1) is 9.78. The summed E-state index contributed by atoms with van der Waals surface area (Å²) in [6.45, 7) is 3.92.